The second-order valence-electron chi connectivity index (χ2n) is 6.44. The molecule has 0 atom stereocenters. The van der Waals surface area contributed by atoms with Crippen molar-refractivity contribution in [1.82, 2.24) is 9.88 Å². The van der Waals surface area contributed by atoms with Crippen LogP contribution < -0.4 is 4.90 Å². The van der Waals surface area contributed by atoms with E-state index in [9.17, 15) is 14.9 Å². The van der Waals surface area contributed by atoms with Crippen LogP contribution in [0.2, 0.25) is 0 Å². The molecule has 0 N–H and O–H groups in total. The van der Waals surface area contributed by atoms with Gasteiger partial charge in [0.05, 0.1) is 15.1 Å². The van der Waals surface area contributed by atoms with E-state index < -0.39 is 4.92 Å². The van der Waals surface area contributed by atoms with Crippen LogP contribution in [0.4, 0.5) is 10.8 Å². The summed E-state index contributed by atoms with van der Waals surface area (Å²) in [6, 6.07) is 13.8. The van der Waals surface area contributed by atoms with Crippen LogP contribution in [0.15, 0.2) is 54.6 Å². The van der Waals surface area contributed by atoms with Gasteiger partial charge in [0.2, 0.25) is 0 Å². The van der Waals surface area contributed by atoms with Gasteiger partial charge in [0.25, 0.3) is 11.6 Å². The van der Waals surface area contributed by atoms with Crippen LogP contribution in [-0.4, -0.2) is 47.9 Å². The van der Waals surface area contributed by atoms with Gasteiger partial charge in [0.1, 0.15) is 0 Å². The van der Waals surface area contributed by atoms with Gasteiger partial charge < -0.3 is 4.90 Å². The van der Waals surface area contributed by atoms with E-state index in [1.807, 2.05) is 43.3 Å². The summed E-state index contributed by atoms with van der Waals surface area (Å²) in [4.78, 5) is 31.4. The third kappa shape index (κ3) is 4.79. The van der Waals surface area contributed by atoms with Crippen molar-refractivity contribution in [2.24, 2.45) is 0 Å². The number of para-hydroxylation sites is 1. The summed E-state index contributed by atoms with van der Waals surface area (Å²) in [6.45, 7) is 1.21. The molecule has 0 radical (unpaired) electrons. The first-order valence-corrected chi connectivity index (χ1v) is 9.50. The first-order chi connectivity index (χ1) is 13.4. The summed E-state index contributed by atoms with van der Waals surface area (Å²) in [6.07, 6.45) is 3.13. The summed E-state index contributed by atoms with van der Waals surface area (Å²) in [5.41, 5.74) is 1.60. The van der Waals surface area contributed by atoms with Crippen LogP contribution in [0.25, 0.3) is 16.3 Å². The van der Waals surface area contributed by atoms with Crippen molar-refractivity contribution in [3.05, 3.63) is 70.3 Å². The van der Waals surface area contributed by atoms with E-state index in [-0.39, 0.29) is 11.6 Å². The Morgan fingerprint density at radius 2 is 1.86 bits per heavy atom. The van der Waals surface area contributed by atoms with Gasteiger partial charge in [-0.2, -0.15) is 0 Å². The third-order valence-corrected chi connectivity index (χ3v) is 5.13. The molecule has 0 aliphatic carbocycles. The number of thiazole rings is 1. The molecule has 0 aliphatic rings. The molecule has 0 spiro atoms. The number of hydrogen-bond acceptors (Lipinski definition) is 6. The van der Waals surface area contributed by atoms with E-state index in [1.165, 1.54) is 29.5 Å². The maximum absolute atomic E-state index is 12.9. The number of likely N-dealkylation sites (N-methyl/N-ethyl adjacent to an activating group) is 1. The highest BCUT2D eigenvalue weighted by atomic mass is 32.1. The Labute approximate surface area is 166 Å². The Morgan fingerprint density at radius 1 is 1.14 bits per heavy atom. The van der Waals surface area contributed by atoms with E-state index >= 15 is 0 Å². The number of fused-ring (bicyclic) bond motifs is 1. The number of benzene rings is 2. The monoisotopic (exact) mass is 396 g/mol. The number of aromatic nitrogens is 1. The number of nitrogens with zero attached hydrogens (tertiary/aromatic N) is 4. The van der Waals surface area contributed by atoms with Gasteiger partial charge in [0.15, 0.2) is 5.13 Å². The fourth-order valence-electron chi connectivity index (χ4n) is 2.54. The molecular formula is C20H20N4O3S. The van der Waals surface area contributed by atoms with Gasteiger partial charge in [-0.1, -0.05) is 23.5 Å². The maximum atomic E-state index is 12.9. The zero-order chi connectivity index (χ0) is 20.1. The van der Waals surface area contributed by atoms with Crippen molar-refractivity contribution < 1.29 is 9.72 Å². The number of carbonyl (C=O) groups excluding carboxylic acids is 1. The molecule has 0 aliphatic heterocycles. The largest absolute Gasteiger partial charge is 0.308 e. The van der Waals surface area contributed by atoms with Crippen molar-refractivity contribution in [2.75, 3.05) is 32.1 Å². The van der Waals surface area contributed by atoms with Crippen molar-refractivity contribution in [3.8, 4) is 0 Å². The lowest BCUT2D eigenvalue weighted by atomic mass is 10.2. The predicted octanol–water partition coefficient (Wildman–Crippen LogP) is 3.81. The minimum absolute atomic E-state index is 0.0190. The molecule has 0 saturated carbocycles. The van der Waals surface area contributed by atoms with Gasteiger partial charge in [-0.05, 0) is 50.0 Å². The molecule has 0 fully saturated rings. The standard InChI is InChI=1S/C20H20N4O3S/c1-22(2)13-14-23(20-21-17-5-3-4-6-18(17)28-20)19(25)12-9-15-7-10-16(11-8-15)24(26)27/h3-12H,13-14H2,1-2H3/b12-9+. The van der Waals surface area contributed by atoms with Gasteiger partial charge in [-0.3, -0.25) is 19.8 Å². The second kappa shape index (κ2) is 8.73. The number of hydrogen-bond donors (Lipinski definition) is 0. The zero-order valence-electron chi connectivity index (χ0n) is 15.6. The van der Waals surface area contributed by atoms with E-state index in [0.29, 0.717) is 18.2 Å². The quantitative estimate of drug-likeness (QED) is 0.345. The van der Waals surface area contributed by atoms with Gasteiger partial charge in [-0.15, -0.1) is 0 Å². The minimum Gasteiger partial charge on any atom is -0.308 e. The summed E-state index contributed by atoms with van der Waals surface area (Å²) in [5.74, 6) is -0.181. The normalized spacial score (nSPS) is 11.4. The number of amides is 1. The maximum Gasteiger partial charge on any atom is 0.269 e. The SMILES string of the molecule is CN(C)CCN(C(=O)/C=C/c1ccc([N+](=O)[O-])cc1)c1nc2ccccc2s1. The third-order valence-electron chi connectivity index (χ3n) is 4.07. The lowest BCUT2D eigenvalue weighted by Gasteiger charge is -2.20. The van der Waals surface area contributed by atoms with Crippen molar-refractivity contribution in [1.29, 1.82) is 0 Å². The fraction of sp³-hybridized carbons (Fsp3) is 0.200. The van der Waals surface area contributed by atoms with E-state index in [2.05, 4.69) is 4.98 Å². The molecule has 144 valence electrons. The van der Waals surface area contributed by atoms with Crippen molar-refractivity contribution in [2.45, 2.75) is 0 Å². The summed E-state index contributed by atoms with van der Waals surface area (Å²) in [5, 5.41) is 11.4. The average Bonchev–Trinajstić information content (AvgIpc) is 3.10. The van der Waals surface area contributed by atoms with E-state index in [4.69, 9.17) is 0 Å². The first kappa shape index (κ1) is 19.7. The summed E-state index contributed by atoms with van der Waals surface area (Å²) >= 11 is 1.48. The Bertz CT molecular complexity index is 979. The molecule has 28 heavy (non-hydrogen) atoms. The molecule has 7 nitrogen and oxygen atoms in total. The van der Waals surface area contributed by atoms with Gasteiger partial charge in [-0.25, -0.2) is 4.98 Å². The summed E-state index contributed by atoms with van der Waals surface area (Å²) in [7, 11) is 3.90. The molecular weight excluding hydrogens is 376 g/mol. The molecule has 1 heterocycles. The highest BCUT2D eigenvalue weighted by Crippen LogP contribution is 2.28. The van der Waals surface area contributed by atoms with Gasteiger partial charge >= 0.3 is 0 Å². The first-order valence-electron chi connectivity index (χ1n) is 8.68. The average molecular weight is 396 g/mol. The molecule has 2 aromatic carbocycles. The smallest absolute Gasteiger partial charge is 0.269 e. The predicted molar refractivity (Wildman–Crippen MR) is 113 cm³/mol. The molecule has 3 aromatic rings. The molecule has 8 heteroatoms. The van der Waals surface area contributed by atoms with Crippen LogP contribution in [0.5, 0.6) is 0 Å². The van der Waals surface area contributed by atoms with Crippen molar-refractivity contribution in [3.63, 3.8) is 0 Å². The Balaban J connectivity index is 1.82. The molecule has 1 amide bonds. The lowest BCUT2D eigenvalue weighted by molar-refractivity contribution is -0.384. The Morgan fingerprint density at radius 3 is 2.50 bits per heavy atom. The van der Waals surface area contributed by atoms with Crippen LogP contribution in [0.1, 0.15) is 5.56 Å². The Kier molecular flexibility index (Phi) is 6.13. The molecule has 0 saturated heterocycles. The number of non-ortho nitro benzene ring substituents is 1. The molecule has 3 rings (SSSR count). The van der Waals surface area contributed by atoms with Crippen LogP contribution >= 0.6 is 11.3 Å². The highest BCUT2D eigenvalue weighted by molar-refractivity contribution is 7.22. The summed E-state index contributed by atoms with van der Waals surface area (Å²) < 4.78 is 1.03. The highest BCUT2D eigenvalue weighted by Gasteiger charge is 2.18. The number of anilines is 1. The van der Waals surface area contributed by atoms with Gasteiger partial charge in [0, 0.05) is 31.3 Å². The van der Waals surface area contributed by atoms with E-state index in [0.717, 1.165) is 15.8 Å². The molecule has 0 unspecified atom stereocenters. The topological polar surface area (TPSA) is 79.6 Å². The number of carbonyl (C=O) groups is 1. The number of rotatable bonds is 7. The van der Waals surface area contributed by atoms with Crippen LogP contribution in [-0.2, 0) is 4.79 Å². The van der Waals surface area contributed by atoms with Crippen LogP contribution in [0, 0.1) is 10.1 Å². The van der Waals surface area contributed by atoms with Crippen LogP contribution in [0.3, 0.4) is 0 Å². The molecule has 0 bridgehead atoms. The zero-order valence-corrected chi connectivity index (χ0v) is 16.4. The number of nitro groups is 1. The second-order valence-corrected chi connectivity index (χ2v) is 7.45. The minimum atomic E-state index is -0.450. The molecule has 1 aromatic heterocycles. The Hall–Kier alpha value is -3.10. The lowest BCUT2D eigenvalue weighted by Crippen LogP contribution is -2.35. The van der Waals surface area contributed by atoms with Crippen molar-refractivity contribution >= 4 is 44.4 Å². The van der Waals surface area contributed by atoms with E-state index in [1.54, 1.807) is 23.1 Å². The fourth-order valence-corrected chi connectivity index (χ4v) is 3.54. The number of nitro benzene ring substituents is 1.